The first-order chi connectivity index (χ1) is 6.34. The lowest BCUT2D eigenvalue weighted by Crippen LogP contribution is -2.21. The average Bonchev–Trinajstić information content (AvgIpc) is 2.01. The van der Waals surface area contributed by atoms with Crippen LogP contribution in [0.4, 0.5) is 11.6 Å². The van der Waals surface area contributed by atoms with E-state index in [0.29, 0.717) is 5.82 Å². The summed E-state index contributed by atoms with van der Waals surface area (Å²) in [6.07, 6.45) is 5.54. The van der Waals surface area contributed by atoms with E-state index in [-0.39, 0.29) is 0 Å². The largest absolute Gasteiger partial charge is 0.384 e. The van der Waals surface area contributed by atoms with Crippen molar-refractivity contribution in [3.63, 3.8) is 0 Å². The molecule has 2 rings (SSSR count). The van der Waals surface area contributed by atoms with E-state index in [0.717, 1.165) is 18.3 Å². The predicted molar refractivity (Wildman–Crippen MR) is 52.3 cm³/mol. The molecule has 13 heavy (non-hydrogen) atoms. The van der Waals surface area contributed by atoms with Crippen LogP contribution in [0.2, 0.25) is 0 Å². The smallest absolute Gasteiger partial charge is 0.131 e. The highest BCUT2D eigenvalue weighted by Crippen LogP contribution is 2.26. The number of hydrogen-bond acceptors (Lipinski definition) is 4. The Morgan fingerprint density at radius 3 is 2.92 bits per heavy atom. The third-order valence-electron chi connectivity index (χ3n) is 2.48. The Labute approximate surface area is 77.6 Å². The van der Waals surface area contributed by atoms with Crippen LogP contribution in [0, 0.1) is 5.92 Å². The molecule has 0 saturated heterocycles. The molecule has 0 aliphatic heterocycles. The number of nitrogens with two attached hydrogens (primary N) is 1. The molecule has 1 aliphatic rings. The first-order valence-electron chi connectivity index (χ1n) is 4.66. The van der Waals surface area contributed by atoms with Crippen LogP contribution < -0.4 is 11.1 Å². The van der Waals surface area contributed by atoms with Gasteiger partial charge in [0.15, 0.2) is 0 Å². The van der Waals surface area contributed by atoms with Crippen molar-refractivity contribution in [3.8, 4) is 0 Å². The summed E-state index contributed by atoms with van der Waals surface area (Å²) < 4.78 is 0. The zero-order valence-electron chi connectivity index (χ0n) is 7.53. The molecule has 1 saturated carbocycles. The Bertz CT molecular complexity index is 283. The molecule has 1 fully saturated rings. The van der Waals surface area contributed by atoms with Crippen molar-refractivity contribution in [2.45, 2.75) is 19.3 Å². The first kappa shape index (κ1) is 8.29. The molecule has 1 aromatic rings. The molecule has 70 valence electrons. The van der Waals surface area contributed by atoms with Crippen LogP contribution in [0.3, 0.4) is 0 Å². The highest BCUT2D eigenvalue weighted by molar-refractivity contribution is 5.43. The summed E-state index contributed by atoms with van der Waals surface area (Å²) >= 11 is 0. The van der Waals surface area contributed by atoms with Crippen molar-refractivity contribution >= 4 is 11.6 Å². The fourth-order valence-corrected chi connectivity index (χ4v) is 1.41. The minimum atomic E-state index is 0.520. The third kappa shape index (κ3) is 2.08. The number of hydrogen-bond donors (Lipinski definition) is 2. The average molecular weight is 178 g/mol. The Balaban J connectivity index is 1.86. The van der Waals surface area contributed by atoms with Gasteiger partial charge in [-0.05, 0) is 18.8 Å². The van der Waals surface area contributed by atoms with Crippen molar-refractivity contribution < 1.29 is 0 Å². The molecule has 0 aromatic carbocycles. The molecule has 0 atom stereocenters. The molecule has 1 aliphatic carbocycles. The van der Waals surface area contributed by atoms with E-state index in [1.807, 2.05) is 0 Å². The molecule has 0 amide bonds. The van der Waals surface area contributed by atoms with Crippen LogP contribution in [-0.4, -0.2) is 16.5 Å². The van der Waals surface area contributed by atoms with Gasteiger partial charge in [0.1, 0.15) is 18.0 Å². The molecule has 1 aromatic heterocycles. The van der Waals surface area contributed by atoms with E-state index < -0.39 is 0 Å². The van der Waals surface area contributed by atoms with Gasteiger partial charge in [-0.15, -0.1) is 0 Å². The first-order valence-corrected chi connectivity index (χ1v) is 4.66. The van der Waals surface area contributed by atoms with Crippen molar-refractivity contribution in [1.29, 1.82) is 0 Å². The van der Waals surface area contributed by atoms with Gasteiger partial charge in [-0.3, -0.25) is 0 Å². The van der Waals surface area contributed by atoms with Crippen LogP contribution in [0.1, 0.15) is 19.3 Å². The summed E-state index contributed by atoms with van der Waals surface area (Å²) in [5.74, 6) is 2.18. The minimum absolute atomic E-state index is 0.520. The Kier molecular flexibility index (Phi) is 2.29. The van der Waals surface area contributed by atoms with Gasteiger partial charge in [-0.1, -0.05) is 6.42 Å². The van der Waals surface area contributed by atoms with E-state index in [9.17, 15) is 0 Å². The summed E-state index contributed by atoms with van der Waals surface area (Å²) in [5, 5.41) is 3.26. The van der Waals surface area contributed by atoms with E-state index >= 15 is 0 Å². The van der Waals surface area contributed by atoms with E-state index in [2.05, 4.69) is 15.3 Å². The quantitative estimate of drug-likeness (QED) is 0.731. The second-order valence-corrected chi connectivity index (χ2v) is 3.51. The van der Waals surface area contributed by atoms with Crippen LogP contribution in [0.5, 0.6) is 0 Å². The number of nitrogens with one attached hydrogen (secondary N) is 1. The molecule has 0 spiro atoms. The van der Waals surface area contributed by atoms with Gasteiger partial charge in [0, 0.05) is 12.6 Å². The molecule has 1 heterocycles. The maximum absolute atomic E-state index is 5.52. The van der Waals surface area contributed by atoms with Crippen LogP contribution >= 0.6 is 0 Å². The lowest BCUT2D eigenvalue weighted by atomic mass is 9.85. The highest BCUT2D eigenvalue weighted by Gasteiger charge is 2.16. The van der Waals surface area contributed by atoms with Gasteiger partial charge >= 0.3 is 0 Å². The Hall–Kier alpha value is -1.32. The lowest BCUT2D eigenvalue weighted by molar-refractivity contribution is 0.333. The number of nitrogen functional groups attached to an aromatic ring is 1. The summed E-state index contributed by atoms with van der Waals surface area (Å²) in [4.78, 5) is 7.90. The van der Waals surface area contributed by atoms with Gasteiger partial charge in [0.25, 0.3) is 0 Å². The van der Waals surface area contributed by atoms with Gasteiger partial charge < -0.3 is 11.1 Å². The second-order valence-electron chi connectivity index (χ2n) is 3.51. The summed E-state index contributed by atoms with van der Waals surface area (Å²) in [6, 6.07) is 1.76. The maximum Gasteiger partial charge on any atom is 0.131 e. The highest BCUT2D eigenvalue weighted by atomic mass is 15.0. The normalized spacial score (nSPS) is 16.6. The van der Waals surface area contributed by atoms with Crippen LogP contribution in [0.25, 0.3) is 0 Å². The molecular weight excluding hydrogens is 164 g/mol. The fraction of sp³-hybridized carbons (Fsp3) is 0.556. The zero-order chi connectivity index (χ0) is 9.10. The number of anilines is 2. The fourth-order valence-electron chi connectivity index (χ4n) is 1.41. The predicted octanol–water partition coefficient (Wildman–Crippen LogP) is 1.27. The standard InChI is InChI=1S/C9H14N4/c10-8-4-9(13-6-12-8)11-5-7-2-1-3-7/h4,6-7H,1-3,5H2,(H3,10,11,12,13). The number of rotatable bonds is 3. The van der Waals surface area contributed by atoms with E-state index in [1.165, 1.54) is 25.6 Å². The van der Waals surface area contributed by atoms with Crippen molar-refractivity contribution in [2.24, 2.45) is 5.92 Å². The number of aromatic nitrogens is 2. The van der Waals surface area contributed by atoms with Gasteiger partial charge in [-0.25, -0.2) is 9.97 Å². The molecule has 0 radical (unpaired) electrons. The molecule has 4 nitrogen and oxygen atoms in total. The van der Waals surface area contributed by atoms with Crippen molar-refractivity contribution in [1.82, 2.24) is 9.97 Å². The molecule has 3 N–H and O–H groups in total. The van der Waals surface area contributed by atoms with E-state index in [4.69, 9.17) is 5.73 Å². The van der Waals surface area contributed by atoms with Crippen molar-refractivity contribution in [2.75, 3.05) is 17.6 Å². The third-order valence-corrected chi connectivity index (χ3v) is 2.48. The minimum Gasteiger partial charge on any atom is -0.384 e. The summed E-state index contributed by atoms with van der Waals surface area (Å²) in [7, 11) is 0. The Morgan fingerprint density at radius 2 is 2.31 bits per heavy atom. The lowest BCUT2D eigenvalue weighted by Gasteiger charge is -2.25. The number of nitrogens with zero attached hydrogens (tertiary/aromatic N) is 2. The Morgan fingerprint density at radius 1 is 1.46 bits per heavy atom. The molecule has 0 bridgehead atoms. The van der Waals surface area contributed by atoms with Gasteiger partial charge in [0.2, 0.25) is 0 Å². The monoisotopic (exact) mass is 178 g/mol. The molecular formula is C9H14N4. The van der Waals surface area contributed by atoms with Gasteiger partial charge in [0.05, 0.1) is 0 Å². The van der Waals surface area contributed by atoms with E-state index in [1.54, 1.807) is 6.07 Å². The summed E-state index contributed by atoms with van der Waals surface area (Å²) in [5.41, 5.74) is 5.52. The van der Waals surface area contributed by atoms with Gasteiger partial charge in [-0.2, -0.15) is 0 Å². The SMILES string of the molecule is Nc1cc(NCC2CCC2)ncn1. The molecule has 4 heteroatoms. The molecule has 0 unspecified atom stereocenters. The topological polar surface area (TPSA) is 63.8 Å². The van der Waals surface area contributed by atoms with Crippen LogP contribution in [-0.2, 0) is 0 Å². The summed E-state index contributed by atoms with van der Waals surface area (Å²) in [6.45, 7) is 1.01. The van der Waals surface area contributed by atoms with Crippen molar-refractivity contribution in [3.05, 3.63) is 12.4 Å². The maximum atomic E-state index is 5.52. The zero-order valence-corrected chi connectivity index (χ0v) is 7.53. The van der Waals surface area contributed by atoms with Crippen LogP contribution in [0.15, 0.2) is 12.4 Å². The second kappa shape index (κ2) is 3.60.